The number of imide groups is 1. The second kappa shape index (κ2) is 4.16. The topological polar surface area (TPSA) is 95.6 Å². The molecule has 20 heavy (non-hydrogen) atoms. The molecule has 2 heterocycles. The highest BCUT2D eigenvalue weighted by Crippen LogP contribution is 2.29. The fraction of sp³-hybridized carbons (Fsp3) is 0.231. The lowest BCUT2D eigenvalue weighted by Crippen LogP contribution is -2.57. The van der Waals surface area contributed by atoms with Crippen molar-refractivity contribution >= 4 is 34.9 Å². The van der Waals surface area contributed by atoms with E-state index in [0.717, 1.165) is 0 Å². The summed E-state index contributed by atoms with van der Waals surface area (Å²) in [7, 11) is 0. The molecule has 3 amide bonds. The predicted octanol–water partition coefficient (Wildman–Crippen LogP) is -0.327. The van der Waals surface area contributed by atoms with Crippen molar-refractivity contribution in [3.63, 3.8) is 0 Å². The zero-order chi connectivity index (χ0) is 14.4. The van der Waals surface area contributed by atoms with Gasteiger partial charge in [0.2, 0.25) is 11.8 Å². The van der Waals surface area contributed by atoms with Crippen molar-refractivity contribution in [1.82, 2.24) is 5.32 Å². The molecule has 1 atom stereocenters. The van der Waals surface area contributed by atoms with E-state index in [-0.39, 0.29) is 18.4 Å². The van der Waals surface area contributed by atoms with Gasteiger partial charge in [-0.1, -0.05) is 0 Å². The first-order valence-corrected chi connectivity index (χ1v) is 6.07. The Morgan fingerprint density at radius 2 is 1.90 bits per heavy atom. The number of nitrogens with one attached hydrogen (secondary N) is 2. The third-order valence-corrected chi connectivity index (χ3v) is 3.46. The molecule has 7 heteroatoms. The van der Waals surface area contributed by atoms with Gasteiger partial charge in [0.05, 0.1) is 17.8 Å². The average Bonchev–Trinajstić information content (AvgIpc) is 2.69. The van der Waals surface area contributed by atoms with Crippen LogP contribution in [0.4, 0.5) is 11.4 Å². The number of carbonyl (C=O) groups is 4. The van der Waals surface area contributed by atoms with Gasteiger partial charge < -0.3 is 10.2 Å². The monoisotopic (exact) mass is 273 g/mol. The summed E-state index contributed by atoms with van der Waals surface area (Å²) in [5.74, 6) is -2.00. The maximum absolute atomic E-state index is 11.6. The van der Waals surface area contributed by atoms with E-state index < -0.39 is 17.7 Å². The molecule has 0 spiro atoms. The number of carbonyl (C=O) groups excluding carboxylic acids is 4. The van der Waals surface area contributed by atoms with Crippen LogP contribution in [0.25, 0.3) is 0 Å². The van der Waals surface area contributed by atoms with E-state index in [0.29, 0.717) is 16.9 Å². The normalized spacial score (nSPS) is 21.6. The van der Waals surface area contributed by atoms with Crippen LogP contribution in [-0.2, 0) is 14.4 Å². The zero-order valence-corrected chi connectivity index (χ0v) is 10.6. The number of anilines is 2. The van der Waals surface area contributed by atoms with Crippen molar-refractivity contribution in [3.8, 4) is 0 Å². The van der Waals surface area contributed by atoms with E-state index in [1.165, 1.54) is 6.07 Å². The summed E-state index contributed by atoms with van der Waals surface area (Å²) >= 11 is 0. The molecule has 0 radical (unpaired) electrons. The van der Waals surface area contributed by atoms with E-state index in [1.54, 1.807) is 24.0 Å². The third-order valence-electron chi connectivity index (χ3n) is 3.46. The smallest absolute Gasteiger partial charge is 0.296 e. The van der Waals surface area contributed by atoms with Crippen LogP contribution in [-0.4, -0.2) is 36.1 Å². The Bertz CT molecular complexity index is 668. The van der Waals surface area contributed by atoms with Crippen LogP contribution >= 0.6 is 0 Å². The van der Waals surface area contributed by atoms with Crippen LogP contribution in [0.5, 0.6) is 0 Å². The highest BCUT2D eigenvalue weighted by atomic mass is 16.2. The lowest BCUT2D eigenvalue weighted by atomic mass is 10.1. The summed E-state index contributed by atoms with van der Waals surface area (Å²) in [5.41, 5.74) is 1.32. The number of hydrogen-bond acceptors (Lipinski definition) is 5. The van der Waals surface area contributed by atoms with Gasteiger partial charge in [0.25, 0.3) is 11.7 Å². The highest BCUT2D eigenvalue weighted by molar-refractivity contribution is 6.51. The van der Waals surface area contributed by atoms with Crippen LogP contribution in [0.1, 0.15) is 17.3 Å². The minimum atomic E-state index is -0.669. The van der Waals surface area contributed by atoms with Crippen molar-refractivity contribution in [2.45, 2.75) is 13.0 Å². The Hall–Kier alpha value is -2.70. The molecular weight excluding hydrogens is 262 g/mol. The van der Waals surface area contributed by atoms with Gasteiger partial charge in [-0.15, -0.1) is 0 Å². The largest absolute Gasteiger partial charge is 0.350 e. The number of hydrogen-bond donors (Lipinski definition) is 2. The maximum Gasteiger partial charge on any atom is 0.296 e. The number of piperazine rings is 1. The third kappa shape index (κ3) is 1.75. The Kier molecular flexibility index (Phi) is 2.56. The molecule has 7 nitrogen and oxygen atoms in total. The molecule has 1 aromatic rings. The van der Waals surface area contributed by atoms with E-state index in [9.17, 15) is 19.2 Å². The number of amides is 3. The molecule has 0 saturated carbocycles. The van der Waals surface area contributed by atoms with E-state index in [4.69, 9.17) is 0 Å². The Labute approximate surface area is 113 Å². The number of Topliss-reactive ketones (excluding diaryl/α,β-unsaturated/α-hetero) is 1. The fourth-order valence-corrected chi connectivity index (χ4v) is 2.34. The number of rotatable bonds is 1. The van der Waals surface area contributed by atoms with E-state index in [2.05, 4.69) is 10.6 Å². The minimum absolute atomic E-state index is 0.0492. The standard InChI is InChI=1S/C13H11N3O4/c1-6-12(19)15-10(17)5-16(6)7-2-3-8-9(4-7)14-13(20)11(8)18/h2-4,6H,5H2,1H3,(H,14,18,20)(H,15,17,19). The molecule has 0 aromatic heterocycles. The second-order valence-corrected chi connectivity index (χ2v) is 4.73. The van der Waals surface area contributed by atoms with Gasteiger partial charge in [0.1, 0.15) is 6.04 Å². The molecule has 0 aliphatic carbocycles. The molecule has 2 aliphatic rings. The zero-order valence-electron chi connectivity index (χ0n) is 10.6. The minimum Gasteiger partial charge on any atom is -0.350 e. The van der Waals surface area contributed by atoms with Crippen molar-refractivity contribution in [2.24, 2.45) is 0 Å². The molecule has 0 bridgehead atoms. The molecule has 102 valence electrons. The van der Waals surface area contributed by atoms with Crippen molar-refractivity contribution in [2.75, 3.05) is 16.8 Å². The van der Waals surface area contributed by atoms with Crippen LogP contribution in [0.3, 0.4) is 0 Å². The summed E-state index contributed by atoms with van der Waals surface area (Å²) in [6, 6.07) is 4.24. The molecule has 3 rings (SSSR count). The van der Waals surface area contributed by atoms with Crippen LogP contribution in [0.15, 0.2) is 18.2 Å². The molecule has 2 aliphatic heterocycles. The Morgan fingerprint density at radius 1 is 1.15 bits per heavy atom. The maximum atomic E-state index is 11.6. The fourth-order valence-electron chi connectivity index (χ4n) is 2.34. The number of benzene rings is 1. The van der Waals surface area contributed by atoms with Gasteiger partial charge in [-0.3, -0.25) is 24.5 Å². The summed E-state index contributed by atoms with van der Waals surface area (Å²) in [4.78, 5) is 47.5. The predicted molar refractivity (Wildman–Crippen MR) is 69.4 cm³/mol. The SMILES string of the molecule is CC1C(=O)NC(=O)CN1c1ccc2c(c1)NC(=O)C2=O. The number of fused-ring (bicyclic) bond motifs is 1. The molecule has 1 fully saturated rings. The average molecular weight is 273 g/mol. The van der Waals surface area contributed by atoms with Crippen LogP contribution in [0, 0.1) is 0 Å². The van der Waals surface area contributed by atoms with E-state index in [1.807, 2.05) is 0 Å². The molecule has 1 aromatic carbocycles. The van der Waals surface area contributed by atoms with Gasteiger partial charge in [-0.25, -0.2) is 0 Å². The second-order valence-electron chi connectivity index (χ2n) is 4.73. The van der Waals surface area contributed by atoms with Gasteiger partial charge in [-0.2, -0.15) is 0 Å². The first-order valence-electron chi connectivity index (χ1n) is 6.07. The highest BCUT2D eigenvalue weighted by Gasteiger charge is 2.33. The summed E-state index contributed by atoms with van der Waals surface area (Å²) in [5, 5.41) is 4.72. The molecule has 2 N–H and O–H groups in total. The van der Waals surface area contributed by atoms with Crippen LogP contribution < -0.4 is 15.5 Å². The van der Waals surface area contributed by atoms with Crippen molar-refractivity contribution in [1.29, 1.82) is 0 Å². The number of nitrogens with zero attached hydrogens (tertiary/aromatic N) is 1. The lowest BCUT2D eigenvalue weighted by Gasteiger charge is -2.33. The van der Waals surface area contributed by atoms with Crippen LogP contribution in [0.2, 0.25) is 0 Å². The van der Waals surface area contributed by atoms with Gasteiger partial charge >= 0.3 is 0 Å². The van der Waals surface area contributed by atoms with Gasteiger partial charge in [0, 0.05) is 5.69 Å². The lowest BCUT2D eigenvalue weighted by molar-refractivity contribution is -0.132. The summed E-state index contributed by atoms with van der Waals surface area (Å²) in [6.45, 7) is 1.73. The van der Waals surface area contributed by atoms with Crippen molar-refractivity contribution < 1.29 is 19.2 Å². The molecule has 1 saturated heterocycles. The Morgan fingerprint density at radius 3 is 2.65 bits per heavy atom. The van der Waals surface area contributed by atoms with Gasteiger partial charge in [-0.05, 0) is 25.1 Å². The summed E-state index contributed by atoms with van der Waals surface area (Å²) in [6.07, 6.45) is 0. The first kappa shape index (κ1) is 12.3. The van der Waals surface area contributed by atoms with E-state index >= 15 is 0 Å². The Balaban J connectivity index is 1.98. The number of ketones is 1. The first-order chi connectivity index (χ1) is 9.47. The molecule has 1 unspecified atom stereocenters. The van der Waals surface area contributed by atoms with Gasteiger partial charge in [0.15, 0.2) is 0 Å². The van der Waals surface area contributed by atoms with Crippen molar-refractivity contribution in [3.05, 3.63) is 23.8 Å². The molecular formula is C13H11N3O4. The quantitative estimate of drug-likeness (QED) is 0.539. The summed E-state index contributed by atoms with van der Waals surface area (Å²) < 4.78 is 0.